The van der Waals surface area contributed by atoms with Crippen molar-refractivity contribution in [2.24, 2.45) is 0 Å². The SMILES string of the molecule is O=C(O)c1ccccc1O.[Rb]. The molecule has 0 aliphatic rings. The van der Waals surface area contributed by atoms with Crippen LogP contribution in [0.3, 0.4) is 0 Å². The number of rotatable bonds is 1. The molecule has 1 rings (SSSR count). The fourth-order valence-corrected chi connectivity index (χ4v) is 0.654. The Balaban J connectivity index is 0.000001000. The number of phenols is 1. The van der Waals surface area contributed by atoms with Gasteiger partial charge < -0.3 is 10.2 Å². The zero-order valence-electron chi connectivity index (χ0n) is 6.11. The van der Waals surface area contributed by atoms with Gasteiger partial charge in [0.1, 0.15) is 11.3 Å². The zero-order valence-corrected chi connectivity index (χ0v) is 11.0. The van der Waals surface area contributed by atoms with E-state index >= 15 is 0 Å². The van der Waals surface area contributed by atoms with Gasteiger partial charge in [-0.2, -0.15) is 0 Å². The Morgan fingerprint density at radius 3 is 2.18 bits per heavy atom. The van der Waals surface area contributed by atoms with Gasteiger partial charge in [-0.05, 0) is 12.1 Å². The molecule has 0 spiro atoms. The molecule has 53 valence electrons. The molecule has 1 aromatic rings. The van der Waals surface area contributed by atoms with Gasteiger partial charge in [0.25, 0.3) is 0 Å². The standard InChI is InChI=1S/C7H6O3.Rb/c8-6-4-2-1-3-5(6)7(9)10;/h1-4,8H,(H,9,10);. The molecule has 0 amide bonds. The van der Waals surface area contributed by atoms with Crippen LogP contribution in [0.2, 0.25) is 0 Å². The van der Waals surface area contributed by atoms with Crippen LogP contribution < -0.4 is 0 Å². The Morgan fingerprint density at radius 2 is 1.82 bits per heavy atom. The van der Waals surface area contributed by atoms with Gasteiger partial charge in [-0.3, -0.25) is 0 Å². The van der Waals surface area contributed by atoms with Crippen LogP contribution in [0.15, 0.2) is 24.3 Å². The molecule has 4 heteroatoms. The zero-order chi connectivity index (χ0) is 7.56. The third kappa shape index (κ3) is 3.03. The second kappa shape index (κ2) is 5.03. The molecule has 0 aliphatic carbocycles. The maximum Gasteiger partial charge on any atom is 0.339 e. The molecule has 0 atom stereocenters. The summed E-state index contributed by atoms with van der Waals surface area (Å²) < 4.78 is 0. The summed E-state index contributed by atoms with van der Waals surface area (Å²) in [5, 5.41) is 17.3. The van der Waals surface area contributed by atoms with E-state index in [2.05, 4.69) is 0 Å². The molecule has 0 saturated carbocycles. The molecule has 1 radical (unpaired) electrons. The van der Waals surface area contributed by atoms with Crippen molar-refractivity contribution < 1.29 is 15.0 Å². The molecule has 11 heavy (non-hydrogen) atoms. The molecule has 3 nitrogen and oxygen atoms in total. The van der Waals surface area contributed by atoms with Crippen molar-refractivity contribution in [3.8, 4) is 5.75 Å². The minimum Gasteiger partial charge on any atom is -0.507 e. The van der Waals surface area contributed by atoms with E-state index in [0.29, 0.717) is 0 Å². The molecule has 0 bridgehead atoms. The van der Waals surface area contributed by atoms with Gasteiger partial charge in [-0.15, -0.1) is 0 Å². The summed E-state index contributed by atoms with van der Waals surface area (Å²) in [6.07, 6.45) is 0. The Kier molecular flexibility index (Phi) is 5.17. The summed E-state index contributed by atoms with van der Waals surface area (Å²) in [5.41, 5.74) is -0.0671. The van der Waals surface area contributed by atoms with Crippen LogP contribution in [0, 0.1) is 0 Å². The second-order valence-corrected chi connectivity index (χ2v) is 1.82. The van der Waals surface area contributed by atoms with E-state index < -0.39 is 5.97 Å². The number of carbonyl (C=O) groups is 1. The van der Waals surface area contributed by atoms with E-state index in [9.17, 15) is 4.79 Å². The smallest absolute Gasteiger partial charge is 0.339 e. The Bertz CT molecular complexity index is 260. The minimum atomic E-state index is -1.11. The number of aromatic carboxylic acids is 1. The molecule has 0 fully saturated rings. The summed E-state index contributed by atoms with van der Waals surface area (Å²) in [5.74, 6) is -1.31. The van der Waals surface area contributed by atoms with Gasteiger partial charge in [0.15, 0.2) is 0 Å². The third-order valence-corrected chi connectivity index (χ3v) is 1.13. The van der Waals surface area contributed by atoms with E-state index in [0.717, 1.165) is 0 Å². The normalized spacial score (nSPS) is 8.36. The van der Waals surface area contributed by atoms with E-state index in [1.54, 1.807) is 12.1 Å². The van der Waals surface area contributed by atoms with Crippen molar-refractivity contribution in [2.75, 3.05) is 0 Å². The first-order valence-electron chi connectivity index (χ1n) is 2.73. The predicted octanol–water partition coefficient (Wildman–Crippen LogP) is 0.710. The third-order valence-electron chi connectivity index (χ3n) is 1.13. The molecule has 0 heterocycles. The van der Waals surface area contributed by atoms with Gasteiger partial charge in [0, 0.05) is 58.2 Å². The van der Waals surface area contributed by atoms with E-state index in [1.807, 2.05) is 0 Å². The summed E-state index contributed by atoms with van der Waals surface area (Å²) >= 11 is 0. The molecule has 0 unspecified atom stereocenters. The van der Waals surface area contributed by atoms with E-state index in [1.165, 1.54) is 12.1 Å². The van der Waals surface area contributed by atoms with Gasteiger partial charge >= 0.3 is 5.97 Å². The number of hydrogen-bond acceptors (Lipinski definition) is 2. The average molecular weight is 224 g/mol. The fraction of sp³-hybridized carbons (Fsp3) is 0. The van der Waals surface area contributed by atoms with Crippen LogP contribution >= 0.6 is 0 Å². The first-order chi connectivity index (χ1) is 4.72. The van der Waals surface area contributed by atoms with Crippen LogP contribution in [0.25, 0.3) is 0 Å². The van der Waals surface area contributed by atoms with Gasteiger partial charge in [0.05, 0.1) is 0 Å². The van der Waals surface area contributed by atoms with Crippen LogP contribution in [0.4, 0.5) is 0 Å². The number of para-hydroxylation sites is 1. The van der Waals surface area contributed by atoms with E-state index in [-0.39, 0.29) is 69.5 Å². The maximum atomic E-state index is 10.3. The fourth-order valence-electron chi connectivity index (χ4n) is 0.654. The number of benzene rings is 1. The average Bonchev–Trinajstić information content (AvgIpc) is 1.88. The second-order valence-electron chi connectivity index (χ2n) is 1.82. The van der Waals surface area contributed by atoms with Gasteiger partial charge in [0.2, 0.25) is 0 Å². The van der Waals surface area contributed by atoms with Crippen LogP contribution in [-0.2, 0) is 0 Å². The van der Waals surface area contributed by atoms with Crippen LogP contribution in [0.5, 0.6) is 5.75 Å². The Hall–Kier alpha value is 0.295. The first kappa shape index (κ1) is 11.3. The van der Waals surface area contributed by atoms with Crippen molar-refractivity contribution in [1.82, 2.24) is 0 Å². The monoisotopic (exact) mass is 223 g/mol. The van der Waals surface area contributed by atoms with Crippen molar-refractivity contribution in [2.45, 2.75) is 0 Å². The van der Waals surface area contributed by atoms with Crippen molar-refractivity contribution in [3.63, 3.8) is 0 Å². The van der Waals surface area contributed by atoms with E-state index in [4.69, 9.17) is 10.2 Å². The van der Waals surface area contributed by atoms with Crippen LogP contribution in [0.1, 0.15) is 10.4 Å². The molecular weight excluding hydrogens is 218 g/mol. The summed E-state index contributed by atoms with van der Waals surface area (Å²) in [6, 6.07) is 5.81. The number of hydrogen-bond donors (Lipinski definition) is 2. The number of carboxylic acids is 1. The molecular formula is C7H6O3Rb. The molecule has 2 N–H and O–H groups in total. The summed E-state index contributed by atoms with van der Waals surface area (Å²) in [6.45, 7) is 0. The number of carboxylic acid groups (broad SMARTS) is 1. The van der Waals surface area contributed by atoms with Crippen molar-refractivity contribution in [1.29, 1.82) is 0 Å². The molecule has 1 aromatic carbocycles. The number of aromatic hydroxyl groups is 1. The minimum absolute atomic E-state index is 0. The van der Waals surface area contributed by atoms with Crippen molar-refractivity contribution >= 4 is 64.2 Å². The van der Waals surface area contributed by atoms with Gasteiger partial charge in [-0.25, -0.2) is 4.79 Å². The summed E-state index contributed by atoms with van der Waals surface area (Å²) in [7, 11) is 0. The Labute approximate surface area is 113 Å². The first-order valence-corrected chi connectivity index (χ1v) is 2.73. The predicted molar refractivity (Wildman–Crippen MR) is 40.8 cm³/mol. The maximum absolute atomic E-state index is 10.3. The van der Waals surface area contributed by atoms with Crippen LogP contribution in [-0.4, -0.2) is 74.4 Å². The topological polar surface area (TPSA) is 57.5 Å². The molecule has 0 saturated heterocycles. The largest absolute Gasteiger partial charge is 0.507 e. The molecule has 0 aromatic heterocycles. The Morgan fingerprint density at radius 1 is 1.27 bits per heavy atom. The quantitative estimate of drug-likeness (QED) is 0.737. The van der Waals surface area contributed by atoms with Crippen molar-refractivity contribution in [3.05, 3.63) is 29.8 Å². The molecule has 0 aliphatic heterocycles. The van der Waals surface area contributed by atoms with Gasteiger partial charge in [-0.1, -0.05) is 12.1 Å². The summed E-state index contributed by atoms with van der Waals surface area (Å²) in [4.78, 5) is 10.3.